The molecule has 0 atom stereocenters. The van der Waals surface area contributed by atoms with Crippen LogP contribution in [-0.4, -0.2) is 24.1 Å². The first kappa shape index (κ1) is 15.3. The molecular formula is C18H20N2O3. The minimum atomic E-state index is -0.676. The first-order valence-electron chi connectivity index (χ1n) is 7.66. The van der Waals surface area contributed by atoms with Gasteiger partial charge < -0.3 is 14.8 Å². The molecule has 0 bridgehead atoms. The van der Waals surface area contributed by atoms with E-state index in [1.807, 2.05) is 50.2 Å². The Morgan fingerprint density at radius 2 is 1.96 bits per heavy atom. The Hall–Kier alpha value is -2.56. The summed E-state index contributed by atoms with van der Waals surface area (Å²) in [6.45, 7) is 5.29. The van der Waals surface area contributed by atoms with Crippen molar-refractivity contribution in [3.8, 4) is 11.5 Å². The smallest absolute Gasteiger partial charge is 0.230 e. The fourth-order valence-corrected chi connectivity index (χ4v) is 2.46. The van der Waals surface area contributed by atoms with Crippen LogP contribution in [0, 0.1) is 0 Å². The summed E-state index contributed by atoms with van der Waals surface area (Å²) in [4.78, 5) is 16.8. The average molecular weight is 312 g/mol. The number of pyridine rings is 1. The van der Waals surface area contributed by atoms with Gasteiger partial charge in [-0.2, -0.15) is 0 Å². The maximum Gasteiger partial charge on any atom is 0.230 e. The van der Waals surface area contributed by atoms with Crippen LogP contribution in [0.25, 0.3) is 0 Å². The number of amides is 1. The van der Waals surface area contributed by atoms with Gasteiger partial charge in [0.05, 0.1) is 17.7 Å². The van der Waals surface area contributed by atoms with Crippen molar-refractivity contribution < 1.29 is 14.3 Å². The standard InChI is InChI=1S/C18H20N2O3/c1-18(2,17(21)20-12-14-5-3-4-8-19-14)13-6-7-15-16(11-13)23-10-9-22-15/h3-8,11H,9-10,12H2,1-2H3,(H,20,21). The highest BCUT2D eigenvalue weighted by atomic mass is 16.6. The van der Waals surface area contributed by atoms with E-state index >= 15 is 0 Å². The Balaban J connectivity index is 1.73. The first-order valence-corrected chi connectivity index (χ1v) is 7.66. The molecule has 1 amide bonds. The number of aromatic nitrogens is 1. The van der Waals surface area contributed by atoms with Gasteiger partial charge in [0.15, 0.2) is 11.5 Å². The second-order valence-electron chi connectivity index (χ2n) is 5.99. The van der Waals surface area contributed by atoms with Gasteiger partial charge in [-0.15, -0.1) is 0 Å². The molecule has 0 saturated carbocycles. The molecule has 120 valence electrons. The average Bonchev–Trinajstić information content (AvgIpc) is 2.60. The number of ether oxygens (including phenoxy) is 2. The number of hydrogen-bond donors (Lipinski definition) is 1. The molecule has 3 rings (SSSR count). The lowest BCUT2D eigenvalue weighted by molar-refractivity contribution is -0.125. The molecule has 2 aromatic rings. The van der Waals surface area contributed by atoms with Crippen molar-refractivity contribution in [3.63, 3.8) is 0 Å². The number of nitrogens with one attached hydrogen (secondary N) is 1. The number of carbonyl (C=O) groups excluding carboxylic acids is 1. The fraction of sp³-hybridized carbons (Fsp3) is 0.333. The van der Waals surface area contributed by atoms with Crippen molar-refractivity contribution in [1.82, 2.24) is 10.3 Å². The topological polar surface area (TPSA) is 60.5 Å². The Bertz CT molecular complexity index is 699. The van der Waals surface area contributed by atoms with Crippen LogP contribution in [0.4, 0.5) is 0 Å². The molecule has 0 radical (unpaired) electrons. The zero-order valence-corrected chi connectivity index (χ0v) is 13.3. The third-order valence-electron chi connectivity index (χ3n) is 3.99. The molecule has 1 aliphatic heterocycles. The third-order valence-corrected chi connectivity index (χ3v) is 3.99. The fourth-order valence-electron chi connectivity index (χ4n) is 2.46. The lowest BCUT2D eigenvalue weighted by Crippen LogP contribution is -2.39. The molecular weight excluding hydrogens is 292 g/mol. The zero-order valence-electron chi connectivity index (χ0n) is 13.3. The molecule has 0 spiro atoms. The molecule has 1 N–H and O–H groups in total. The van der Waals surface area contributed by atoms with Crippen molar-refractivity contribution in [2.75, 3.05) is 13.2 Å². The summed E-state index contributed by atoms with van der Waals surface area (Å²) in [6, 6.07) is 11.3. The highest BCUT2D eigenvalue weighted by Gasteiger charge is 2.31. The molecule has 0 unspecified atom stereocenters. The van der Waals surface area contributed by atoms with Crippen LogP contribution in [-0.2, 0) is 16.8 Å². The molecule has 1 aliphatic rings. The Kier molecular flexibility index (Phi) is 4.19. The van der Waals surface area contributed by atoms with Crippen molar-refractivity contribution in [3.05, 3.63) is 53.9 Å². The van der Waals surface area contributed by atoms with Crippen molar-refractivity contribution in [1.29, 1.82) is 0 Å². The van der Waals surface area contributed by atoms with Gasteiger partial charge in [-0.1, -0.05) is 12.1 Å². The minimum Gasteiger partial charge on any atom is -0.486 e. The van der Waals surface area contributed by atoms with E-state index in [1.165, 1.54) is 0 Å². The number of rotatable bonds is 4. The number of benzene rings is 1. The summed E-state index contributed by atoms with van der Waals surface area (Å²) in [5.41, 5.74) is 1.05. The molecule has 23 heavy (non-hydrogen) atoms. The lowest BCUT2D eigenvalue weighted by atomic mass is 9.83. The summed E-state index contributed by atoms with van der Waals surface area (Å²) in [7, 11) is 0. The number of carbonyl (C=O) groups is 1. The number of hydrogen-bond acceptors (Lipinski definition) is 4. The van der Waals surface area contributed by atoms with Crippen LogP contribution in [0.5, 0.6) is 11.5 Å². The Morgan fingerprint density at radius 1 is 1.17 bits per heavy atom. The molecule has 1 aromatic carbocycles. The molecule has 1 aromatic heterocycles. The zero-order chi connectivity index (χ0) is 16.3. The van der Waals surface area contributed by atoms with Gasteiger partial charge in [0.1, 0.15) is 13.2 Å². The second-order valence-corrected chi connectivity index (χ2v) is 5.99. The van der Waals surface area contributed by atoms with Crippen molar-refractivity contribution in [2.24, 2.45) is 0 Å². The summed E-state index contributed by atoms with van der Waals surface area (Å²) >= 11 is 0. The van der Waals surface area contributed by atoms with E-state index in [1.54, 1.807) is 6.20 Å². The van der Waals surface area contributed by atoms with E-state index in [2.05, 4.69) is 10.3 Å². The molecule has 0 fully saturated rings. The van der Waals surface area contributed by atoms with Gasteiger partial charge in [-0.05, 0) is 43.7 Å². The molecule has 0 aliphatic carbocycles. The van der Waals surface area contributed by atoms with Crippen LogP contribution in [0.1, 0.15) is 25.1 Å². The summed E-state index contributed by atoms with van der Waals surface area (Å²) in [5, 5.41) is 2.94. The van der Waals surface area contributed by atoms with Gasteiger partial charge in [0.25, 0.3) is 0 Å². The van der Waals surface area contributed by atoms with Crippen LogP contribution in [0.15, 0.2) is 42.6 Å². The second kappa shape index (κ2) is 6.28. The maximum absolute atomic E-state index is 12.6. The van der Waals surface area contributed by atoms with Gasteiger partial charge in [0, 0.05) is 6.20 Å². The summed E-state index contributed by atoms with van der Waals surface area (Å²) in [6.07, 6.45) is 1.72. The third kappa shape index (κ3) is 3.28. The largest absolute Gasteiger partial charge is 0.486 e. The highest BCUT2D eigenvalue weighted by Crippen LogP contribution is 2.35. The first-order chi connectivity index (χ1) is 11.1. The quantitative estimate of drug-likeness (QED) is 0.942. The van der Waals surface area contributed by atoms with Gasteiger partial charge >= 0.3 is 0 Å². The monoisotopic (exact) mass is 312 g/mol. The summed E-state index contributed by atoms with van der Waals surface area (Å²) in [5.74, 6) is 1.36. The van der Waals surface area contributed by atoms with Crippen molar-refractivity contribution in [2.45, 2.75) is 25.8 Å². The SMILES string of the molecule is CC(C)(C(=O)NCc1ccccn1)c1ccc2c(c1)OCCO2. The Labute approximate surface area is 135 Å². The van der Waals surface area contributed by atoms with Gasteiger partial charge in [0.2, 0.25) is 5.91 Å². The summed E-state index contributed by atoms with van der Waals surface area (Å²) < 4.78 is 11.1. The van der Waals surface area contributed by atoms with E-state index in [9.17, 15) is 4.79 Å². The van der Waals surface area contributed by atoms with Crippen LogP contribution in [0.2, 0.25) is 0 Å². The van der Waals surface area contributed by atoms with Gasteiger partial charge in [-0.25, -0.2) is 0 Å². The minimum absolute atomic E-state index is 0.0557. The van der Waals surface area contributed by atoms with Gasteiger partial charge in [-0.3, -0.25) is 9.78 Å². The maximum atomic E-state index is 12.6. The lowest BCUT2D eigenvalue weighted by Gasteiger charge is -2.26. The van der Waals surface area contributed by atoms with Crippen LogP contribution in [0.3, 0.4) is 0 Å². The van der Waals surface area contributed by atoms with E-state index in [0.717, 1.165) is 17.0 Å². The van der Waals surface area contributed by atoms with E-state index in [4.69, 9.17) is 9.47 Å². The van der Waals surface area contributed by atoms with Crippen molar-refractivity contribution >= 4 is 5.91 Å². The molecule has 2 heterocycles. The molecule has 5 nitrogen and oxygen atoms in total. The molecule has 5 heteroatoms. The number of fused-ring (bicyclic) bond motifs is 1. The highest BCUT2D eigenvalue weighted by molar-refractivity contribution is 5.87. The number of nitrogens with zero attached hydrogens (tertiary/aromatic N) is 1. The predicted octanol–water partition coefficient (Wildman–Crippen LogP) is 2.45. The predicted molar refractivity (Wildman–Crippen MR) is 86.5 cm³/mol. The van der Waals surface area contributed by atoms with E-state index in [0.29, 0.717) is 25.5 Å². The van der Waals surface area contributed by atoms with E-state index < -0.39 is 5.41 Å². The normalized spacial score (nSPS) is 13.5. The van der Waals surface area contributed by atoms with Crippen LogP contribution < -0.4 is 14.8 Å². The van der Waals surface area contributed by atoms with Crippen LogP contribution >= 0.6 is 0 Å². The van der Waals surface area contributed by atoms with E-state index in [-0.39, 0.29) is 5.91 Å². The Morgan fingerprint density at radius 3 is 2.70 bits per heavy atom. The molecule has 0 saturated heterocycles.